The molecule has 0 N–H and O–H groups in total. The number of carbonyl (C=O) groups excluding carboxylic acids is 1. The van der Waals surface area contributed by atoms with Crippen LogP contribution in [0.2, 0.25) is 0 Å². The highest BCUT2D eigenvalue weighted by molar-refractivity contribution is 6.66. The van der Waals surface area contributed by atoms with Crippen molar-refractivity contribution in [1.82, 2.24) is 0 Å². The quantitative estimate of drug-likeness (QED) is 0.278. The summed E-state index contributed by atoms with van der Waals surface area (Å²) in [6.07, 6.45) is 3.67. The monoisotopic (exact) mass is 552 g/mol. The minimum atomic E-state index is -1.16. The zero-order chi connectivity index (χ0) is 30.0. The van der Waals surface area contributed by atoms with E-state index < -0.39 is 59.8 Å². The fourth-order valence-corrected chi connectivity index (χ4v) is 4.31. The van der Waals surface area contributed by atoms with E-state index in [4.69, 9.17) is 23.4 Å². The van der Waals surface area contributed by atoms with Crippen LogP contribution in [-0.2, 0) is 23.4 Å². The molecular weight excluding hydrogens is 504 g/mol. The summed E-state index contributed by atoms with van der Waals surface area (Å²) < 4.78 is 61.5. The van der Waals surface area contributed by atoms with E-state index in [0.717, 1.165) is 25.7 Å². The molecule has 2 saturated heterocycles. The smallest absolute Gasteiger partial charge is 0.462 e. The van der Waals surface area contributed by atoms with Crippen LogP contribution in [0.15, 0.2) is 6.07 Å². The lowest BCUT2D eigenvalue weighted by Gasteiger charge is -2.32. The van der Waals surface area contributed by atoms with Gasteiger partial charge in [-0.05, 0) is 67.7 Å². The summed E-state index contributed by atoms with van der Waals surface area (Å²) in [5.41, 5.74) is -4.06. The Hall–Kier alpha value is -1.48. The first kappa shape index (κ1) is 33.7. The van der Waals surface area contributed by atoms with Gasteiger partial charge in [0.25, 0.3) is 0 Å². The molecular formula is C29H48B2F2O6. The number of ether oxygens (including phenoxy) is 1. The van der Waals surface area contributed by atoms with Crippen molar-refractivity contribution in [2.45, 2.75) is 131 Å². The lowest BCUT2D eigenvalue weighted by atomic mass is 9.70. The lowest BCUT2D eigenvalue weighted by Crippen LogP contribution is -2.46. The van der Waals surface area contributed by atoms with Crippen molar-refractivity contribution in [1.29, 1.82) is 0 Å². The third kappa shape index (κ3) is 6.88. The molecule has 6 nitrogen and oxygen atoms in total. The summed E-state index contributed by atoms with van der Waals surface area (Å²) in [4.78, 5) is 13.2. The topological polar surface area (TPSA) is 63.2 Å². The van der Waals surface area contributed by atoms with Crippen LogP contribution < -0.4 is 10.9 Å². The van der Waals surface area contributed by atoms with E-state index in [-0.39, 0.29) is 23.5 Å². The Balaban J connectivity index is 0.00000260. The van der Waals surface area contributed by atoms with Crippen LogP contribution in [0.25, 0.3) is 0 Å². The summed E-state index contributed by atoms with van der Waals surface area (Å²) in [7, 11) is -2.32. The van der Waals surface area contributed by atoms with Gasteiger partial charge in [-0.15, -0.1) is 0 Å². The van der Waals surface area contributed by atoms with Crippen molar-refractivity contribution in [3.8, 4) is 0 Å². The summed E-state index contributed by atoms with van der Waals surface area (Å²) in [5, 5.41) is 0. The Morgan fingerprint density at radius 1 is 0.821 bits per heavy atom. The summed E-state index contributed by atoms with van der Waals surface area (Å²) in [5.74, 6) is -3.09. The molecule has 0 bridgehead atoms. The number of carbonyl (C=O) groups is 1. The number of rotatable bonds is 9. The minimum Gasteiger partial charge on any atom is -0.462 e. The molecule has 0 radical (unpaired) electrons. The van der Waals surface area contributed by atoms with Gasteiger partial charge in [0, 0.05) is 10.9 Å². The maximum Gasteiger partial charge on any atom is 0.497 e. The Morgan fingerprint density at radius 3 is 1.54 bits per heavy atom. The van der Waals surface area contributed by atoms with Crippen molar-refractivity contribution in [2.75, 3.05) is 6.61 Å². The van der Waals surface area contributed by atoms with Gasteiger partial charge in [0.15, 0.2) is 0 Å². The first-order valence-corrected chi connectivity index (χ1v) is 14.4. The SMILES string of the molecule is CC.CCCCC(CC)COC(=O)c1c(F)c(B2OC(C)(C)C(C)(C)O2)cc(B2OC(C)(C)C(C)(C)O2)c1F. The molecule has 1 unspecified atom stereocenters. The third-order valence-electron chi connectivity index (χ3n) is 8.47. The van der Waals surface area contributed by atoms with Crippen LogP contribution in [0.4, 0.5) is 8.78 Å². The van der Waals surface area contributed by atoms with Gasteiger partial charge < -0.3 is 23.4 Å². The number of hydrogen-bond donors (Lipinski definition) is 0. The van der Waals surface area contributed by atoms with E-state index in [2.05, 4.69) is 6.92 Å². The molecule has 39 heavy (non-hydrogen) atoms. The maximum absolute atomic E-state index is 15.9. The van der Waals surface area contributed by atoms with Gasteiger partial charge in [-0.2, -0.15) is 0 Å². The average molecular weight is 552 g/mol. The normalized spacial score (nSPS) is 21.4. The first-order chi connectivity index (χ1) is 18.0. The molecule has 0 saturated carbocycles. The molecule has 1 aromatic rings. The van der Waals surface area contributed by atoms with E-state index in [1.165, 1.54) is 6.07 Å². The van der Waals surface area contributed by atoms with E-state index in [9.17, 15) is 4.79 Å². The molecule has 2 fully saturated rings. The van der Waals surface area contributed by atoms with Gasteiger partial charge >= 0.3 is 20.2 Å². The summed E-state index contributed by atoms with van der Waals surface area (Å²) in [6.45, 7) is 22.8. The maximum atomic E-state index is 15.9. The molecule has 1 aromatic carbocycles. The molecule has 2 heterocycles. The van der Waals surface area contributed by atoms with Crippen molar-refractivity contribution in [3.05, 3.63) is 23.3 Å². The van der Waals surface area contributed by atoms with Crippen LogP contribution in [0.1, 0.15) is 119 Å². The highest BCUT2D eigenvalue weighted by atomic mass is 19.1. The molecule has 1 atom stereocenters. The molecule has 0 aliphatic carbocycles. The van der Waals surface area contributed by atoms with Crippen LogP contribution >= 0.6 is 0 Å². The lowest BCUT2D eigenvalue weighted by molar-refractivity contribution is 0.00578. The van der Waals surface area contributed by atoms with Crippen molar-refractivity contribution >= 4 is 31.1 Å². The Labute approximate surface area is 235 Å². The zero-order valence-corrected chi connectivity index (χ0v) is 26.1. The predicted molar refractivity (Wildman–Crippen MR) is 153 cm³/mol. The summed E-state index contributed by atoms with van der Waals surface area (Å²) >= 11 is 0. The van der Waals surface area contributed by atoms with Gasteiger partial charge in [-0.3, -0.25) is 0 Å². The fourth-order valence-electron chi connectivity index (χ4n) is 4.31. The number of halogens is 2. The second-order valence-corrected chi connectivity index (χ2v) is 12.2. The number of hydrogen-bond acceptors (Lipinski definition) is 6. The second-order valence-electron chi connectivity index (χ2n) is 12.2. The highest BCUT2D eigenvalue weighted by Crippen LogP contribution is 2.38. The number of benzene rings is 1. The van der Waals surface area contributed by atoms with E-state index in [0.29, 0.717) is 0 Å². The van der Waals surface area contributed by atoms with Crippen molar-refractivity contribution in [3.63, 3.8) is 0 Å². The largest absolute Gasteiger partial charge is 0.497 e. The number of unbranched alkanes of at least 4 members (excludes halogenated alkanes) is 1. The van der Waals surface area contributed by atoms with Crippen LogP contribution in [0.3, 0.4) is 0 Å². The van der Waals surface area contributed by atoms with Crippen LogP contribution in [0, 0.1) is 17.6 Å². The molecule has 3 rings (SSSR count). The third-order valence-corrected chi connectivity index (χ3v) is 8.47. The molecule has 2 aliphatic rings. The Morgan fingerprint density at radius 2 is 1.21 bits per heavy atom. The molecule has 2 aliphatic heterocycles. The molecule has 0 spiro atoms. The number of esters is 1. The van der Waals surface area contributed by atoms with Crippen LogP contribution in [-0.4, -0.2) is 49.2 Å². The Bertz CT molecular complexity index is 920. The second kappa shape index (κ2) is 12.6. The minimum absolute atomic E-state index is 0.0841. The fraction of sp³-hybridized carbons (Fsp3) is 0.759. The highest BCUT2D eigenvalue weighted by Gasteiger charge is 2.56. The van der Waals surface area contributed by atoms with Crippen molar-refractivity contribution < 1.29 is 36.9 Å². The molecule has 0 aromatic heterocycles. The molecule has 0 amide bonds. The van der Waals surface area contributed by atoms with Gasteiger partial charge in [0.1, 0.15) is 17.2 Å². The van der Waals surface area contributed by atoms with Gasteiger partial charge in [0.05, 0.1) is 29.0 Å². The predicted octanol–water partition coefficient (Wildman–Crippen LogP) is 5.96. The standard InChI is InChI=1S/C27H42B2F2O6.C2H6/c1-11-13-14-17(12-2)16-33-23(32)20-21(30)18(28-34-24(3,4)25(5,6)35-28)15-19(22(20)31)29-36-26(7,8)27(9,10)37-29;1-2/h15,17H,11-14,16H2,1-10H3;1-2H3. The summed E-state index contributed by atoms with van der Waals surface area (Å²) in [6, 6.07) is 1.28. The van der Waals surface area contributed by atoms with Crippen molar-refractivity contribution in [2.24, 2.45) is 5.92 Å². The zero-order valence-electron chi connectivity index (χ0n) is 26.1. The van der Waals surface area contributed by atoms with E-state index in [1.54, 1.807) is 0 Å². The van der Waals surface area contributed by atoms with Crippen LogP contribution in [0.5, 0.6) is 0 Å². The molecule has 10 heteroatoms. The van der Waals surface area contributed by atoms with E-state index >= 15 is 8.78 Å². The average Bonchev–Trinajstić information content (AvgIpc) is 3.19. The molecule has 220 valence electrons. The van der Waals surface area contributed by atoms with E-state index in [1.807, 2.05) is 76.2 Å². The van der Waals surface area contributed by atoms with Gasteiger partial charge in [-0.1, -0.05) is 53.0 Å². The van der Waals surface area contributed by atoms with Gasteiger partial charge in [0.2, 0.25) is 0 Å². The first-order valence-electron chi connectivity index (χ1n) is 14.4. The Kier molecular flexibility index (Phi) is 10.9. The van der Waals surface area contributed by atoms with Gasteiger partial charge in [-0.25, -0.2) is 13.6 Å².